The quantitative estimate of drug-likeness (QED) is 0.714. The standard InChI is InChI=1S/C8H8F2N2O.ClH/c1-4(13)12-6-3-2-5(9)8(11)7(6)10;/h2-3H,11H2,1H3,(H,12,13);1H. The molecular formula is C8H9ClF2N2O. The van der Waals surface area contributed by atoms with Crippen molar-refractivity contribution in [3.63, 3.8) is 0 Å². The number of rotatable bonds is 1. The van der Waals surface area contributed by atoms with E-state index in [0.29, 0.717) is 0 Å². The molecule has 3 nitrogen and oxygen atoms in total. The molecule has 3 N–H and O–H groups in total. The molecule has 0 saturated heterocycles. The minimum atomic E-state index is -0.949. The van der Waals surface area contributed by atoms with Crippen molar-refractivity contribution in [2.45, 2.75) is 6.92 Å². The van der Waals surface area contributed by atoms with Crippen molar-refractivity contribution in [1.82, 2.24) is 0 Å². The second-order valence-corrected chi connectivity index (χ2v) is 2.50. The van der Waals surface area contributed by atoms with E-state index in [4.69, 9.17) is 5.73 Å². The van der Waals surface area contributed by atoms with Crippen LogP contribution in [0.5, 0.6) is 0 Å². The van der Waals surface area contributed by atoms with Gasteiger partial charge in [0.1, 0.15) is 11.5 Å². The average Bonchev–Trinajstić information content (AvgIpc) is 2.06. The van der Waals surface area contributed by atoms with Gasteiger partial charge in [-0.1, -0.05) is 0 Å². The number of carbonyl (C=O) groups is 1. The van der Waals surface area contributed by atoms with Gasteiger partial charge in [0.15, 0.2) is 5.82 Å². The Bertz CT molecular complexity index is 357. The Hall–Kier alpha value is -1.36. The first-order valence-electron chi connectivity index (χ1n) is 3.53. The number of halogens is 3. The van der Waals surface area contributed by atoms with Crippen LogP contribution in [-0.2, 0) is 4.79 Å². The number of carbonyl (C=O) groups excluding carboxylic acids is 1. The van der Waals surface area contributed by atoms with Crippen LogP contribution in [-0.4, -0.2) is 5.91 Å². The van der Waals surface area contributed by atoms with Gasteiger partial charge in [-0.2, -0.15) is 0 Å². The van der Waals surface area contributed by atoms with Gasteiger partial charge in [-0.15, -0.1) is 12.4 Å². The van der Waals surface area contributed by atoms with Crippen molar-refractivity contribution in [2.24, 2.45) is 0 Å². The monoisotopic (exact) mass is 222 g/mol. The van der Waals surface area contributed by atoms with E-state index in [1.54, 1.807) is 0 Å². The number of nitrogens with one attached hydrogen (secondary N) is 1. The van der Waals surface area contributed by atoms with Crippen molar-refractivity contribution in [3.05, 3.63) is 23.8 Å². The maximum absolute atomic E-state index is 13.0. The molecule has 1 rings (SSSR count). The lowest BCUT2D eigenvalue weighted by Gasteiger charge is -2.05. The SMILES string of the molecule is CC(=O)Nc1ccc(F)c(N)c1F.Cl. The molecule has 0 atom stereocenters. The molecule has 0 fully saturated rings. The van der Waals surface area contributed by atoms with Crippen LogP contribution in [0.15, 0.2) is 12.1 Å². The summed E-state index contributed by atoms with van der Waals surface area (Å²) in [5.41, 5.74) is 4.35. The van der Waals surface area contributed by atoms with Crippen LogP contribution in [0.1, 0.15) is 6.92 Å². The maximum atomic E-state index is 13.0. The molecule has 78 valence electrons. The second kappa shape index (κ2) is 4.76. The summed E-state index contributed by atoms with van der Waals surface area (Å²) in [5.74, 6) is -2.23. The van der Waals surface area contributed by atoms with Crippen molar-refractivity contribution in [1.29, 1.82) is 0 Å². The highest BCUT2D eigenvalue weighted by atomic mass is 35.5. The molecule has 6 heteroatoms. The van der Waals surface area contributed by atoms with Crippen LogP contribution < -0.4 is 11.1 Å². The molecule has 0 unspecified atom stereocenters. The molecule has 0 radical (unpaired) electrons. The summed E-state index contributed by atoms with van der Waals surface area (Å²) in [5, 5.41) is 2.18. The molecule has 0 aliphatic rings. The highest BCUT2D eigenvalue weighted by Crippen LogP contribution is 2.22. The highest BCUT2D eigenvalue weighted by Gasteiger charge is 2.10. The van der Waals surface area contributed by atoms with Gasteiger partial charge in [0.05, 0.1) is 5.69 Å². The van der Waals surface area contributed by atoms with E-state index >= 15 is 0 Å². The number of anilines is 2. The summed E-state index contributed by atoms with van der Waals surface area (Å²) in [6.45, 7) is 1.22. The fourth-order valence-electron chi connectivity index (χ4n) is 0.856. The van der Waals surface area contributed by atoms with Gasteiger partial charge in [0, 0.05) is 6.92 Å². The summed E-state index contributed by atoms with van der Waals surface area (Å²) >= 11 is 0. The van der Waals surface area contributed by atoms with Crippen LogP contribution in [0.3, 0.4) is 0 Å². The van der Waals surface area contributed by atoms with Gasteiger partial charge in [-0.25, -0.2) is 8.78 Å². The summed E-state index contributed by atoms with van der Waals surface area (Å²) < 4.78 is 25.7. The molecule has 1 aromatic rings. The van der Waals surface area contributed by atoms with Crippen molar-refractivity contribution in [3.8, 4) is 0 Å². The first-order valence-corrected chi connectivity index (χ1v) is 3.53. The van der Waals surface area contributed by atoms with Crippen LogP contribution >= 0.6 is 12.4 Å². The molecule has 0 saturated carbocycles. The fraction of sp³-hybridized carbons (Fsp3) is 0.125. The third-order valence-electron chi connectivity index (χ3n) is 1.44. The molecule has 0 aliphatic heterocycles. The van der Waals surface area contributed by atoms with E-state index in [1.165, 1.54) is 6.92 Å². The lowest BCUT2D eigenvalue weighted by molar-refractivity contribution is -0.114. The highest BCUT2D eigenvalue weighted by molar-refractivity contribution is 5.89. The van der Waals surface area contributed by atoms with Crippen LogP contribution in [0.25, 0.3) is 0 Å². The average molecular weight is 223 g/mol. The van der Waals surface area contributed by atoms with Gasteiger partial charge in [0.2, 0.25) is 5.91 Å². The van der Waals surface area contributed by atoms with Gasteiger partial charge in [-0.3, -0.25) is 4.79 Å². The number of nitrogens with two attached hydrogens (primary N) is 1. The third kappa shape index (κ3) is 2.56. The number of hydrogen-bond donors (Lipinski definition) is 2. The van der Waals surface area contributed by atoms with Crippen LogP contribution in [0, 0.1) is 11.6 Å². The zero-order valence-electron chi connectivity index (χ0n) is 7.30. The van der Waals surface area contributed by atoms with Gasteiger partial charge in [-0.05, 0) is 12.1 Å². The summed E-state index contributed by atoms with van der Waals surface area (Å²) in [4.78, 5) is 10.5. The Morgan fingerprint density at radius 1 is 1.43 bits per heavy atom. The van der Waals surface area contributed by atoms with E-state index in [9.17, 15) is 13.6 Å². The zero-order chi connectivity index (χ0) is 10.0. The maximum Gasteiger partial charge on any atom is 0.221 e. The number of benzene rings is 1. The molecule has 0 bridgehead atoms. The Labute approximate surface area is 85.7 Å². The molecule has 0 aliphatic carbocycles. The Kier molecular flexibility index (Phi) is 4.30. The molecule has 0 spiro atoms. The summed E-state index contributed by atoms with van der Waals surface area (Å²) in [6.07, 6.45) is 0. The zero-order valence-corrected chi connectivity index (χ0v) is 8.12. The van der Waals surface area contributed by atoms with Crippen LogP contribution in [0.2, 0.25) is 0 Å². The lowest BCUT2D eigenvalue weighted by Crippen LogP contribution is -2.09. The molecule has 1 aromatic carbocycles. The van der Waals surface area contributed by atoms with Crippen molar-refractivity contribution in [2.75, 3.05) is 11.1 Å². The first kappa shape index (κ1) is 12.6. The van der Waals surface area contributed by atoms with E-state index in [1.807, 2.05) is 0 Å². The van der Waals surface area contributed by atoms with Gasteiger partial charge < -0.3 is 11.1 Å². The Balaban J connectivity index is 0.00000169. The van der Waals surface area contributed by atoms with E-state index < -0.39 is 23.2 Å². The van der Waals surface area contributed by atoms with E-state index in [2.05, 4.69) is 5.32 Å². The molecule has 1 amide bonds. The second-order valence-electron chi connectivity index (χ2n) is 2.50. The van der Waals surface area contributed by atoms with E-state index in [-0.39, 0.29) is 18.1 Å². The molecule has 14 heavy (non-hydrogen) atoms. The summed E-state index contributed by atoms with van der Waals surface area (Å²) in [6, 6.07) is 2.10. The third-order valence-corrected chi connectivity index (χ3v) is 1.44. The molecule has 0 aromatic heterocycles. The van der Waals surface area contributed by atoms with Crippen LogP contribution in [0.4, 0.5) is 20.2 Å². The predicted octanol–water partition coefficient (Wildman–Crippen LogP) is 1.93. The van der Waals surface area contributed by atoms with Gasteiger partial charge in [0.25, 0.3) is 0 Å². The number of hydrogen-bond acceptors (Lipinski definition) is 2. The number of amides is 1. The lowest BCUT2D eigenvalue weighted by atomic mass is 10.2. The Morgan fingerprint density at radius 3 is 2.50 bits per heavy atom. The first-order chi connectivity index (χ1) is 6.02. The van der Waals surface area contributed by atoms with Gasteiger partial charge >= 0.3 is 0 Å². The topological polar surface area (TPSA) is 55.1 Å². The molecule has 0 heterocycles. The largest absolute Gasteiger partial charge is 0.394 e. The number of nitrogen functional groups attached to an aromatic ring is 1. The minimum absolute atomic E-state index is 0. The fourth-order valence-corrected chi connectivity index (χ4v) is 0.856. The minimum Gasteiger partial charge on any atom is -0.394 e. The smallest absolute Gasteiger partial charge is 0.221 e. The predicted molar refractivity (Wildman–Crippen MR) is 52.3 cm³/mol. The summed E-state index contributed by atoms with van der Waals surface area (Å²) in [7, 11) is 0. The molecular weight excluding hydrogens is 214 g/mol. The van der Waals surface area contributed by atoms with Crippen molar-refractivity contribution < 1.29 is 13.6 Å². The van der Waals surface area contributed by atoms with E-state index in [0.717, 1.165) is 12.1 Å². The normalized spacial score (nSPS) is 9.07. The Morgan fingerprint density at radius 2 is 2.00 bits per heavy atom. The van der Waals surface area contributed by atoms with Crippen molar-refractivity contribution >= 4 is 29.7 Å².